The van der Waals surface area contributed by atoms with Gasteiger partial charge in [-0.1, -0.05) is 42.5 Å². The smallest absolute Gasteiger partial charge is 0.233 e. The van der Waals surface area contributed by atoms with Gasteiger partial charge >= 0.3 is 0 Å². The molecule has 4 aromatic rings. The van der Waals surface area contributed by atoms with E-state index in [1.165, 1.54) is 30.3 Å². The van der Waals surface area contributed by atoms with E-state index >= 15 is 0 Å². The van der Waals surface area contributed by atoms with E-state index in [0.29, 0.717) is 29.7 Å². The molecule has 1 heterocycles. The zero-order chi connectivity index (χ0) is 26.1. The first-order valence-corrected chi connectivity index (χ1v) is 12.2. The fourth-order valence-corrected chi connectivity index (χ4v) is 4.99. The number of β-lactam (4-membered cyclic amide) rings is 1. The van der Waals surface area contributed by atoms with Gasteiger partial charge in [0.05, 0.1) is 18.1 Å². The van der Waals surface area contributed by atoms with Gasteiger partial charge in [0, 0.05) is 5.69 Å². The third-order valence-corrected chi connectivity index (χ3v) is 7.07. The molecule has 37 heavy (non-hydrogen) atoms. The number of anilines is 1. The van der Waals surface area contributed by atoms with Crippen molar-refractivity contribution in [3.05, 3.63) is 125 Å². The second kappa shape index (κ2) is 10.2. The van der Waals surface area contributed by atoms with Gasteiger partial charge < -0.3 is 10.0 Å². The van der Waals surface area contributed by atoms with Crippen LogP contribution >= 0.6 is 0 Å². The highest BCUT2D eigenvalue weighted by Crippen LogP contribution is 2.46. The van der Waals surface area contributed by atoms with Crippen molar-refractivity contribution in [2.24, 2.45) is 5.92 Å². The van der Waals surface area contributed by atoms with Gasteiger partial charge in [-0.2, -0.15) is 0 Å². The Morgan fingerprint density at radius 2 is 1.41 bits per heavy atom. The molecule has 0 bridgehead atoms. The van der Waals surface area contributed by atoms with Crippen LogP contribution in [0.3, 0.4) is 0 Å². The van der Waals surface area contributed by atoms with Crippen molar-refractivity contribution < 1.29 is 23.1 Å². The fraction of sp³-hybridized carbons (Fsp3) is 0.194. The molecule has 0 aliphatic carbocycles. The van der Waals surface area contributed by atoms with Gasteiger partial charge in [-0.05, 0) is 96.1 Å². The van der Waals surface area contributed by atoms with Crippen molar-refractivity contribution >= 4 is 11.6 Å². The van der Waals surface area contributed by atoms with E-state index in [4.69, 9.17) is 0 Å². The van der Waals surface area contributed by atoms with Crippen LogP contribution < -0.4 is 4.90 Å². The maximum atomic E-state index is 13.7. The number of carbonyl (C=O) groups is 1. The maximum Gasteiger partial charge on any atom is 0.233 e. The zero-order valence-electron chi connectivity index (χ0n) is 20.2. The molecular formula is C31H26F3NO2. The number of amides is 1. The lowest BCUT2D eigenvalue weighted by Gasteiger charge is -2.48. The Bertz CT molecular complexity index is 1400. The van der Waals surface area contributed by atoms with Crippen LogP contribution in [0.5, 0.6) is 0 Å². The lowest BCUT2D eigenvalue weighted by molar-refractivity contribution is -0.131. The first kappa shape index (κ1) is 24.8. The number of aryl methyl sites for hydroxylation is 1. The molecule has 5 rings (SSSR count). The molecule has 1 aliphatic rings. The van der Waals surface area contributed by atoms with Crippen LogP contribution in [0.4, 0.5) is 18.9 Å². The van der Waals surface area contributed by atoms with Crippen LogP contribution in [0.25, 0.3) is 11.1 Å². The van der Waals surface area contributed by atoms with Crippen molar-refractivity contribution in [3.63, 3.8) is 0 Å². The molecule has 3 nitrogen and oxygen atoms in total. The van der Waals surface area contributed by atoms with Crippen molar-refractivity contribution in [2.75, 3.05) is 4.90 Å². The molecule has 4 aromatic carbocycles. The fourth-order valence-electron chi connectivity index (χ4n) is 4.99. The van der Waals surface area contributed by atoms with Crippen LogP contribution in [0, 0.1) is 30.3 Å². The van der Waals surface area contributed by atoms with E-state index in [2.05, 4.69) is 0 Å². The quantitative estimate of drug-likeness (QED) is 0.270. The molecule has 1 aliphatic heterocycles. The normalized spacial score (nSPS) is 18.0. The van der Waals surface area contributed by atoms with Crippen molar-refractivity contribution in [1.29, 1.82) is 0 Å². The van der Waals surface area contributed by atoms with Gasteiger partial charge in [0.25, 0.3) is 0 Å². The van der Waals surface area contributed by atoms with Crippen molar-refractivity contribution in [1.82, 2.24) is 0 Å². The summed E-state index contributed by atoms with van der Waals surface area (Å²) in [5.74, 6) is -1.49. The monoisotopic (exact) mass is 501 g/mol. The first-order valence-electron chi connectivity index (χ1n) is 12.2. The van der Waals surface area contributed by atoms with Gasteiger partial charge in [0.1, 0.15) is 17.5 Å². The minimum atomic E-state index is -0.821. The molecule has 0 saturated carbocycles. The predicted molar refractivity (Wildman–Crippen MR) is 137 cm³/mol. The molecule has 0 unspecified atom stereocenters. The lowest BCUT2D eigenvalue weighted by Crippen LogP contribution is -2.55. The average molecular weight is 502 g/mol. The highest BCUT2D eigenvalue weighted by atomic mass is 19.1. The van der Waals surface area contributed by atoms with Crippen LogP contribution in [0.2, 0.25) is 0 Å². The Kier molecular flexibility index (Phi) is 6.85. The Morgan fingerprint density at radius 3 is 2.03 bits per heavy atom. The standard InChI is InChI=1S/C31H26F3NO2/c1-19-18-23(8-16-28(19)34)20-2-4-22(5-3-20)30-27(15-17-29(36)21-6-9-24(32)10-7-21)31(37)35(30)26-13-11-25(33)12-14-26/h2-14,16,18,27,29-30,36H,15,17H2,1H3/t27-,29+,30-/m1/s1. The number of hydrogen-bond acceptors (Lipinski definition) is 2. The van der Waals surface area contributed by atoms with Gasteiger partial charge in [-0.25, -0.2) is 13.2 Å². The number of carbonyl (C=O) groups excluding carboxylic acids is 1. The number of rotatable bonds is 7. The molecule has 1 fully saturated rings. The maximum absolute atomic E-state index is 13.7. The summed E-state index contributed by atoms with van der Waals surface area (Å²) in [6, 6.07) is 24.0. The lowest BCUT2D eigenvalue weighted by atomic mass is 9.78. The molecule has 1 N–H and O–H groups in total. The highest BCUT2D eigenvalue weighted by Gasteiger charge is 2.48. The Balaban J connectivity index is 1.40. The molecule has 6 heteroatoms. The Morgan fingerprint density at radius 1 is 0.811 bits per heavy atom. The van der Waals surface area contributed by atoms with E-state index < -0.39 is 6.10 Å². The SMILES string of the molecule is Cc1cc(-c2ccc([C@@H]3[C@@H](CC[C@H](O)c4ccc(F)cc4)C(=O)N3c3ccc(F)cc3)cc2)ccc1F. The van der Waals surface area contributed by atoms with E-state index in [-0.39, 0.29) is 35.3 Å². The third kappa shape index (κ3) is 5.02. The third-order valence-electron chi connectivity index (χ3n) is 7.07. The second-order valence-corrected chi connectivity index (χ2v) is 9.47. The number of benzene rings is 4. The number of aliphatic hydroxyl groups is 1. The number of hydrogen-bond donors (Lipinski definition) is 1. The average Bonchev–Trinajstić information content (AvgIpc) is 2.90. The number of halogens is 3. The van der Waals surface area contributed by atoms with Crippen molar-refractivity contribution in [3.8, 4) is 11.1 Å². The summed E-state index contributed by atoms with van der Waals surface area (Å²) < 4.78 is 40.5. The summed E-state index contributed by atoms with van der Waals surface area (Å²) in [5, 5.41) is 10.6. The van der Waals surface area contributed by atoms with Gasteiger partial charge in [-0.15, -0.1) is 0 Å². The highest BCUT2D eigenvalue weighted by molar-refractivity contribution is 6.03. The number of nitrogens with zero attached hydrogens (tertiary/aromatic N) is 1. The molecule has 3 atom stereocenters. The van der Waals surface area contributed by atoms with Crippen LogP contribution in [-0.4, -0.2) is 11.0 Å². The molecule has 0 aromatic heterocycles. The van der Waals surface area contributed by atoms with Crippen molar-refractivity contribution in [2.45, 2.75) is 31.9 Å². The summed E-state index contributed by atoms with van der Waals surface area (Å²) in [6.45, 7) is 1.72. The molecular weight excluding hydrogens is 475 g/mol. The number of aliphatic hydroxyl groups excluding tert-OH is 1. The molecule has 0 spiro atoms. The zero-order valence-corrected chi connectivity index (χ0v) is 20.2. The Hall–Kier alpha value is -3.90. The second-order valence-electron chi connectivity index (χ2n) is 9.47. The Labute approximate surface area is 213 Å². The summed E-state index contributed by atoms with van der Waals surface area (Å²) in [6.07, 6.45) is -0.0560. The summed E-state index contributed by atoms with van der Waals surface area (Å²) in [7, 11) is 0. The summed E-state index contributed by atoms with van der Waals surface area (Å²) in [5.41, 5.74) is 4.49. The summed E-state index contributed by atoms with van der Waals surface area (Å²) >= 11 is 0. The van der Waals surface area contributed by atoms with E-state index in [0.717, 1.165) is 16.7 Å². The van der Waals surface area contributed by atoms with Crippen LogP contribution in [0.15, 0.2) is 91.0 Å². The van der Waals surface area contributed by atoms with Gasteiger partial charge in [0.15, 0.2) is 0 Å². The van der Waals surface area contributed by atoms with Crippen LogP contribution in [-0.2, 0) is 4.79 Å². The molecule has 188 valence electrons. The minimum Gasteiger partial charge on any atom is -0.388 e. The predicted octanol–water partition coefficient (Wildman–Crippen LogP) is 7.30. The summed E-state index contributed by atoms with van der Waals surface area (Å²) in [4.78, 5) is 14.9. The van der Waals surface area contributed by atoms with E-state index in [9.17, 15) is 23.1 Å². The topological polar surface area (TPSA) is 40.5 Å². The van der Waals surface area contributed by atoms with Gasteiger partial charge in [0.2, 0.25) is 5.91 Å². The first-order chi connectivity index (χ1) is 17.8. The van der Waals surface area contributed by atoms with E-state index in [1.807, 2.05) is 24.3 Å². The van der Waals surface area contributed by atoms with Gasteiger partial charge in [-0.3, -0.25) is 4.79 Å². The van der Waals surface area contributed by atoms with Crippen LogP contribution in [0.1, 0.15) is 41.7 Å². The molecule has 0 radical (unpaired) electrons. The molecule has 1 saturated heterocycles. The molecule has 1 amide bonds. The largest absolute Gasteiger partial charge is 0.388 e. The van der Waals surface area contributed by atoms with E-state index in [1.54, 1.807) is 48.2 Å². The minimum absolute atomic E-state index is 0.0962.